The third-order valence-electron chi connectivity index (χ3n) is 4.60. The number of likely N-dealkylation sites (tertiary alicyclic amines) is 1. The van der Waals surface area contributed by atoms with Crippen LogP contribution in [0.25, 0.3) is 11.3 Å². The summed E-state index contributed by atoms with van der Waals surface area (Å²) in [4.78, 5) is 14.1. The minimum Gasteiger partial charge on any atom is -0.337 e. The summed E-state index contributed by atoms with van der Waals surface area (Å²) in [6, 6.07) is 9.73. The van der Waals surface area contributed by atoms with Gasteiger partial charge in [-0.3, -0.25) is 9.89 Å². The van der Waals surface area contributed by atoms with Crippen LogP contribution in [-0.4, -0.2) is 49.5 Å². The lowest BCUT2D eigenvalue weighted by molar-refractivity contribution is 0.0706. The van der Waals surface area contributed by atoms with E-state index in [9.17, 15) is 4.79 Å². The first-order valence-corrected chi connectivity index (χ1v) is 8.55. The van der Waals surface area contributed by atoms with Crippen molar-refractivity contribution in [3.05, 3.63) is 52.9 Å². The summed E-state index contributed by atoms with van der Waals surface area (Å²) >= 11 is 6.24. The molecule has 4 rings (SSSR count). The van der Waals surface area contributed by atoms with E-state index in [0.717, 1.165) is 29.8 Å². The Morgan fingerprint density at radius 3 is 2.72 bits per heavy atom. The van der Waals surface area contributed by atoms with Crippen LogP contribution in [0.15, 0.2) is 36.5 Å². The highest BCUT2D eigenvalue weighted by atomic mass is 35.5. The van der Waals surface area contributed by atoms with Gasteiger partial charge in [-0.25, -0.2) is 0 Å². The zero-order chi connectivity index (χ0) is 17.2. The predicted molar refractivity (Wildman–Crippen MR) is 93.3 cm³/mol. The molecule has 0 atom stereocenters. The van der Waals surface area contributed by atoms with E-state index in [1.807, 2.05) is 29.2 Å². The predicted octanol–water partition coefficient (Wildman–Crippen LogP) is 2.87. The fourth-order valence-corrected chi connectivity index (χ4v) is 3.45. The molecule has 1 saturated heterocycles. The first-order valence-electron chi connectivity index (χ1n) is 8.17. The molecule has 0 radical (unpaired) electrons. The number of aromatic amines is 2. The summed E-state index contributed by atoms with van der Waals surface area (Å²) < 4.78 is 0. The number of hydrogen-bond donors (Lipinski definition) is 2. The number of nitrogens with zero attached hydrogens (tertiary/aromatic N) is 4. The van der Waals surface area contributed by atoms with Crippen LogP contribution in [0, 0.1) is 0 Å². The van der Waals surface area contributed by atoms with E-state index < -0.39 is 0 Å². The summed E-state index contributed by atoms with van der Waals surface area (Å²) in [5, 5.41) is 18.3. The zero-order valence-corrected chi connectivity index (χ0v) is 14.2. The molecule has 1 amide bonds. The van der Waals surface area contributed by atoms with Gasteiger partial charge in [-0.05, 0) is 25.0 Å². The molecule has 0 saturated carbocycles. The molecular formula is C17H17ClN6O. The minimum atomic E-state index is -0.0754. The third-order valence-corrected chi connectivity index (χ3v) is 4.93. The molecule has 2 aromatic heterocycles. The fourth-order valence-electron chi connectivity index (χ4n) is 3.21. The molecule has 1 aromatic carbocycles. The number of rotatable bonds is 3. The van der Waals surface area contributed by atoms with Gasteiger partial charge in [0.2, 0.25) is 0 Å². The van der Waals surface area contributed by atoms with Crippen LogP contribution in [0.4, 0.5) is 0 Å². The Bertz CT molecular complexity index is 867. The second-order valence-electron chi connectivity index (χ2n) is 6.11. The van der Waals surface area contributed by atoms with Gasteiger partial charge in [0.15, 0.2) is 5.69 Å². The smallest absolute Gasteiger partial charge is 0.276 e. The van der Waals surface area contributed by atoms with E-state index in [-0.39, 0.29) is 5.91 Å². The maximum Gasteiger partial charge on any atom is 0.276 e. The van der Waals surface area contributed by atoms with Crippen LogP contribution in [0.1, 0.15) is 34.9 Å². The molecule has 3 aromatic rings. The Hall–Kier alpha value is -2.67. The van der Waals surface area contributed by atoms with E-state index in [1.54, 1.807) is 0 Å². The number of benzene rings is 1. The van der Waals surface area contributed by atoms with E-state index in [0.29, 0.717) is 29.7 Å². The van der Waals surface area contributed by atoms with Crippen molar-refractivity contribution in [3.63, 3.8) is 0 Å². The van der Waals surface area contributed by atoms with Crippen molar-refractivity contribution in [3.8, 4) is 11.3 Å². The van der Waals surface area contributed by atoms with E-state index >= 15 is 0 Å². The summed E-state index contributed by atoms with van der Waals surface area (Å²) in [5.41, 5.74) is 3.22. The highest BCUT2D eigenvalue weighted by Gasteiger charge is 2.26. The molecule has 0 bridgehead atoms. The van der Waals surface area contributed by atoms with Crippen LogP contribution in [-0.2, 0) is 0 Å². The summed E-state index contributed by atoms with van der Waals surface area (Å²) in [6.07, 6.45) is 3.22. The standard InChI is InChI=1S/C17H17ClN6O/c18-13-4-2-1-3-12(13)15-9-14(20-21-15)11-5-7-24(8-6-11)17(25)16-10-19-23-22-16/h1-4,9-11H,5-8H2,(H,20,21)(H,19,22,23). The zero-order valence-electron chi connectivity index (χ0n) is 13.4. The van der Waals surface area contributed by atoms with Crippen molar-refractivity contribution in [2.24, 2.45) is 0 Å². The molecule has 2 N–H and O–H groups in total. The highest BCUT2D eigenvalue weighted by molar-refractivity contribution is 6.33. The minimum absolute atomic E-state index is 0.0754. The number of hydrogen-bond acceptors (Lipinski definition) is 4. The van der Waals surface area contributed by atoms with Gasteiger partial charge >= 0.3 is 0 Å². The van der Waals surface area contributed by atoms with Crippen LogP contribution >= 0.6 is 11.6 Å². The largest absolute Gasteiger partial charge is 0.337 e. The Balaban J connectivity index is 1.43. The molecule has 0 spiro atoms. The van der Waals surface area contributed by atoms with Crippen LogP contribution in [0.5, 0.6) is 0 Å². The number of halogens is 1. The summed E-state index contributed by atoms with van der Waals surface area (Å²) in [7, 11) is 0. The van der Waals surface area contributed by atoms with Gasteiger partial charge in [0.1, 0.15) is 0 Å². The molecule has 3 heterocycles. The Morgan fingerprint density at radius 1 is 1.20 bits per heavy atom. The SMILES string of the molecule is O=C(c1cn[nH]n1)N1CCC(c2cc(-c3ccccc3Cl)n[nH]2)CC1. The lowest BCUT2D eigenvalue weighted by atomic mass is 9.93. The van der Waals surface area contributed by atoms with Gasteiger partial charge in [0, 0.05) is 30.3 Å². The van der Waals surface area contributed by atoms with Crippen molar-refractivity contribution in [1.82, 2.24) is 30.5 Å². The number of aromatic nitrogens is 5. The second kappa shape index (κ2) is 6.68. The maximum atomic E-state index is 12.3. The highest BCUT2D eigenvalue weighted by Crippen LogP contribution is 2.31. The quantitative estimate of drug-likeness (QED) is 0.755. The molecule has 25 heavy (non-hydrogen) atoms. The number of piperidine rings is 1. The summed E-state index contributed by atoms with van der Waals surface area (Å²) in [5.74, 6) is 0.277. The van der Waals surface area contributed by atoms with Gasteiger partial charge in [-0.1, -0.05) is 29.8 Å². The van der Waals surface area contributed by atoms with Crippen LogP contribution < -0.4 is 0 Å². The molecule has 1 aliphatic heterocycles. The number of amides is 1. The van der Waals surface area contributed by atoms with E-state index in [2.05, 4.69) is 31.7 Å². The normalized spacial score (nSPS) is 15.5. The first-order chi connectivity index (χ1) is 12.2. The number of carbonyl (C=O) groups excluding carboxylic acids is 1. The summed E-state index contributed by atoms with van der Waals surface area (Å²) in [6.45, 7) is 1.38. The second-order valence-corrected chi connectivity index (χ2v) is 6.52. The third kappa shape index (κ3) is 3.15. The van der Waals surface area contributed by atoms with Gasteiger partial charge < -0.3 is 4.90 Å². The van der Waals surface area contributed by atoms with Crippen molar-refractivity contribution in [2.45, 2.75) is 18.8 Å². The lowest BCUT2D eigenvalue weighted by Gasteiger charge is -2.30. The Morgan fingerprint density at radius 2 is 2.00 bits per heavy atom. The van der Waals surface area contributed by atoms with E-state index in [4.69, 9.17) is 11.6 Å². The maximum absolute atomic E-state index is 12.3. The van der Waals surface area contributed by atoms with Crippen molar-refractivity contribution in [2.75, 3.05) is 13.1 Å². The fraction of sp³-hybridized carbons (Fsp3) is 0.294. The number of nitrogens with one attached hydrogen (secondary N) is 2. The van der Waals surface area contributed by atoms with Crippen molar-refractivity contribution < 1.29 is 4.79 Å². The monoisotopic (exact) mass is 356 g/mol. The molecular weight excluding hydrogens is 340 g/mol. The average molecular weight is 357 g/mol. The van der Waals surface area contributed by atoms with Crippen molar-refractivity contribution in [1.29, 1.82) is 0 Å². The van der Waals surface area contributed by atoms with E-state index in [1.165, 1.54) is 6.20 Å². The van der Waals surface area contributed by atoms with Gasteiger partial charge in [-0.15, -0.1) is 0 Å². The Kier molecular flexibility index (Phi) is 4.23. The molecule has 0 aliphatic carbocycles. The molecule has 1 fully saturated rings. The lowest BCUT2D eigenvalue weighted by Crippen LogP contribution is -2.38. The first kappa shape index (κ1) is 15.8. The van der Waals surface area contributed by atoms with Gasteiger partial charge in [-0.2, -0.15) is 20.5 Å². The average Bonchev–Trinajstić information content (AvgIpc) is 3.34. The van der Waals surface area contributed by atoms with Gasteiger partial charge in [0.25, 0.3) is 5.91 Å². The van der Waals surface area contributed by atoms with Crippen LogP contribution in [0.3, 0.4) is 0 Å². The van der Waals surface area contributed by atoms with Crippen molar-refractivity contribution >= 4 is 17.5 Å². The van der Waals surface area contributed by atoms with Gasteiger partial charge in [0.05, 0.1) is 16.9 Å². The number of H-pyrrole nitrogens is 2. The molecule has 1 aliphatic rings. The number of carbonyl (C=O) groups is 1. The molecule has 128 valence electrons. The topological polar surface area (TPSA) is 90.6 Å². The molecule has 7 nitrogen and oxygen atoms in total. The Labute approximate surface area is 149 Å². The molecule has 8 heteroatoms. The molecule has 0 unspecified atom stereocenters. The van der Waals surface area contributed by atoms with Crippen LogP contribution in [0.2, 0.25) is 5.02 Å².